The summed E-state index contributed by atoms with van der Waals surface area (Å²) in [4.78, 5) is 24.0. The number of nitrogens with two attached hydrogens (primary N) is 1. The van der Waals surface area contributed by atoms with E-state index in [0.29, 0.717) is 0 Å². The number of nitrogens with one attached hydrogen (secondary N) is 1. The molecule has 0 amide bonds. The van der Waals surface area contributed by atoms with Crippen LogP contribution >= 0.6 is 0 Å². The number of nitrogen functional groups attached to an aromatic ring is 1. The fraction of sp³-hybridized carbons (Fsp3) is 0.176. The van der Waals surface area contributed by atoms with Gasteiger partial charge >= 0.3 is 11.9 Å². The zero-order valence-electron chi connectivity index (χ0n) is 13.3. The second-order valence-corrected chi connectivity index (χ2v) is 4.95. The van der Waals surface area contributed by atoms with Gasteiger partial charge in [-0.2, -0.15) is 0 Å². The van der Waals surface area contributed by atoms with Crippen molar-refractivity contribution in [2.45, 2.75) is 6.54 Å². The van der Waals surface area contributed by atoms with Gasteiger partial charge in [-0.15, -0.1) is 0 Å². The van der Waals surface area contributed by atoms with Crippen LogP contribution in [0.3, 0.4) is 0 Å². The first-order valence-electron chi connectivity index (χ1n) is 7.04. The van der Waals surface area contributed by atoms with Gasteiger partial charge < -0.3 is 20.5 Å². The van der Waals surface area contributed by atoms with Crippen molar-refractivity contribution in [1.29, 1.82) is 0 Å². The molecule has 0 atom stereocenters. The number of benzene rings is 2. The second-order valence-electron chi connectivity index (χ2n) is 4.95. The molecule has 0 spiro atoms. The van der Waals surface area contributed by atoms with E-state index < -0.39 is 11.9 Å². The SMILES string of the molecule is COC(=O)c1cc(N)cc(C(=O)OC)c1NCc1ccc(F)cc1. The van der Waals surface area contributed by atoms with Crippen LogP contribution in [0.25, 0.3) is 0 Å². The molecule has 0 radical (unpaired) electrons. The summed E-state index contributed by atoms with van der Waals surface area (Å²) >= 11 is 0. The molecule has 0 saturated heterocycles. The van der Waals surface area contributed by atoms with Crippen LogP contribution < -0.4 is 11.1 Å². The number of carbonyl (C=O) groups is 2. The summed E-state index contributed by atoms with van der Waals surface area (Å²) in [6, 6.07) is 8.64. The van der Waals surface area contributed by atoms with Gasteiger partial charge in [0.15, 0.2) is 0 Å². The van der Waals surface area contributed by atoms with E-state index in [1.54, 1.807) is 12.1 Å². The third-order valence-corrected chi connectivity index (χ3v) is 3.35. The Morgan fingerprint density at radius 3 is 2.00 bits per heavy atom. The molecule has 126 valence electrons. The van der Waals surface area contributed by atoms with E-state index in [1.807, 2.05) is 0 Å². The zero-order valence-corrected chi connectivity index (χ0v) is 13.3. The number of hydrogen-bond donors (Lipinski definition) is 2. The summed E-state index contributed by atoms with van der Waals surface area (Å²) in [6.45, 7) is 0.262. The molecule has 0 aliphatic rings. The molecule has 6 nitrogen and oxygen atoms in total. The number of carbonyl (C=O) groups excluding carboxylic acids is 2. The molecule has 2 aromatic carbocycles. The van der Waals surface area contributed by atoms with Crippen LogP contribution in [-0.4, -0.2) is 26.2 Å². The number of anilines is 2. The first kappa shape index (κ1) is 17.3. The van der Waals surface area contributed by atoms with E-state index in [2.05, 4.69) is 5.32 Å². The van der Waals surface area contributed by atoms with Gasteiger partial charge in [0.2, 0.25) is 0 Å². The summed E-state index contributed by atoms with van der Waals surface area (Å²) in [5.74, 6) is -1.64. The van der Waals surface area contributed by atoms with Crippen LogP contribution in [-0.2, 0) is 16.0 Å². The first-order chi connectivity index (χ1) is 11.5. The van der Waals surface area contributed by atoms with Crippen molar-refractivity contribution in [2.24, 2.45) is 0 Å². The van der Waals surface area contributed by atoms with Crippen molar-refractivity contribution in [1.82, 2.24) is 0 Å². The van der Waals surface area contributed by atoms with Crippen LogP contribution in [0.15, 0.2) is 36.4 Å². The van der Waals surface area contributed by atoms with Crippen molar-refractivity contribution in [2.75, 3.05) is 25.3 Å². The number of hydrogen-bond acceptors (Lipinski definition) is 6. The predicted molar refractivity (Wildman–Crippen MR) is 87.3 cm³/mol. The maximum atomic E-state index is 13.0. The number of ether oxygens (including phenoxy) is 2. The molecule has 0 aliphatic heterocycles. The normalized spacial score (nSPS) is 10.1. The summed E-state index contributed by atoms with van der Waals surface area (Å²) in [5.41, 5.74) is 7.21. The lowest BCUT2D eigenvalue weighted by atomic mass is 10.0. The average Bonchev–Trinajstić information content (AvgIpc) is 2.59. The van der Waals surface area contributed by atoms with Crippen molar-refractivity contribution in [3.63, 3.8) is 0 Å². The van der Waals surface area contributed by atoms with E-state index in [-0.39, 0.29) is 34.9 Å². The number of methoxy groups -OCH3 is 2. The fourth-order valence-electron chi connectivity index (χ4n) is 2.19. The monoisotopic (exact) mass is 332 g/mol. The fourth-order valence-corrected chi connectivity index (χ4v) is 2.19. The van der Waals surface area contributed by atoms with Gasteiger partial charge in [0.05, 0.1) is 31.0 Å². The molecule has 2 rings (SSSR count). The summed E-state index contributed by atoms with van der Waals surface area (Å²) in [7, 11) is 2.46. The number of rotatable bonds is 5. The zero-order chi connectivity index (χ0) is 17.7. The van der Waals surface area contributed by atoms with Gasteiger partial charge in [0.25, 0.3) is 0 Å². The average molecular weight is 332 g/mol. The molecular weight excluding hydrogens is 315 g/mol. The van der Waals surface area contributed by atoms with E-state index >= 15 is 0 Å². The van der Waals surface area contributed by atoms with Crippen LogP contribution in [0.2, 0.25) is 0 Å². The van der Waals surface area contributed by atoms with Crippen molar-refractivity contribution in [3.05, 3.63) is 58.9 Å². The molecule has 3 N–H and O–H groups in total. The van der Waals surface area contributed by atoms with Crippen molar-refractivity contribution < 1.29 is 23.5 Å². The quantitative estimate of drug-likeness (QED) is 0.646. The Kier molecular flexibility index (Phi) is 5.36. The van der Waals surface area contributed by atoms with Gasteiger partial charge in [0.1, 0.15) is 5.82 Å². The maximum Gasteiger partial charge on any atom is 0.340 e. The number of halogens is 1. The maximum absolute atomic E-state index is 13.0. The Morgan fingerprint density at radius 2 is 1.54 bits per heavy atom. The summed E-state index contributed by atoms with van der Waals surface area (Å²) < 4.78 is 22.4. The third-order valence-electron chi connectivity index (χ3n) is 3.35. The Morgan fingerprint density at radius 1 is 1.04 bits per heavy atom. The lowest BCUT2D eigenvalue weighted by Gasteiger charge is -2.15. The van der Waals surface area contributed by atoms with E-state index in [4.69, 9.17) is 15.2 Å². The Bertz CT molecular complexity index is 723. The summed E-state index contributed by atoms with van der Waals surface area (Å²) in [5, 5.41) is 3.00. The Labute approximate surface area is 138 Å². The predicted octanol–water partition coefficient (Wildman–Crippen LogP) is 2.59. The molecule has 24 heavy (non-hydrogen) atoms. The molecule has 0 heterocycles. The standard InChI is InChI=1S/C17H17FN2O4/c1-23-16(21)13-7-12(19)8-14(17(22)24-2)15(13)20-9-10-3-5-11(18)6-4-10/h3-8,20H,9,19H2,1-2H3. The first-order valence-corrected chi connectivity index (χ1v) is 7.04. The van der Waals surface area contributed by atoms with Gasteiger partial charge in [-0.25, -0.2) is 14.0 Å². The lowest BCUT2D eigenvalue weighted by molar-refractivity contribution is 0.0601. The largest absolute Gasteiger partial charge is 0.465 e. The number of esters is 2. The van der Waals surface area contributed by atoms with Crippen molar-refractivity contribution in [3.8, 4) is 0 Å². The van der Waals surface area contributed by atoms with Crippen LogP contribution in [0.4, 0.5) is 15.8 Å². The van der Waals surface area contributed by atoms with E-state index in [9.17, 15) is 14.0 Å². The third kappa shape index (κ3) is 3.81. The molecule has 0 aromatic heterocycles. The van der Waals surface area contributed by atoms with Gasteiger partial charge in [-0.1, -0.05) is 12.1 Å². The lowest BCUT2D eigenvalue weighted by Crippen LogP contribution is -2.15. The van der Waals surface area contributed by atoms with Crippen LogP contribution in [0.5, 0.6) is 0 Å². The highest BCUT2D eigenvalue weighted by atomic mass is 19.1. The van der Waals surface area contributed by atoms with Gasteiger partial charge in [-0.05, 0) is 29.8 Å². The van der Waals surface area contributed by atoms with Gasteiger partial charge in [-0.3, -0.25) is 0 Å². The molecule has 7 heteroatoms. The summed E-state index contributed by atoms with van der Waals surface area (Å²) in [6.07, 6.45) is 0. The molecule has 0 aliphatic carbocycles. The molecular formula is C17H17FN2O4. The highest BCUT2D eigenvalue weighted by Gasteiger charge is 2.21. The Hall–Kier alpha value is -3.09. The highest BCUT2D eigenvalue weighted by Crippen LogP contribution is 2.27. The molecule has 0 bridgehead atoms. The van der Waals surface area contributed by atoms with Crippen LogP contribution in [0, 0.1) is 5.82 Å². The Balaban J connectivity index is 2.42. The minimum absolute atomic E-state index is 0.111. The minimum Gasteiger partial charge on any atom is -0.465 e. The highest BCUT2D eigenvalue weighted by molar-refractivity contribution is 6.05. The smallest absolute Gasteiger partial charge is 0.340 e. The van der Waals surface area contributed by atoms with E-state index in [0.717, 1.165) is 5.56 Å². The topological polar surface area (TPSA) is 90.7 Å². The second kappa shape index (κ2) is 7.45. The van der Waals surface area contributed by atoms with Gasteiger partial charge in [0, 0.05) is 12.2 Å². The molecule has 0 fully saturated rings. The molecule has 0 saturated carbocycles. The molecule has 0 unspecified atom stereocenters. The van der Waals surface area contributed by atoms with E-state index in [1.165, 1.54) is 38.5 Å². The minimum atomic E-state index is -0.644. The van der Waals surface area contributed by atoms with Crippen LogP contribution in [0.1, 0.15) is 26.3 Å². The molecule has 2 aromatic rings. The van der Waals surface area contributed by atoms with Crippen molar-refractivity contribution >= 4 is 23.3 Å².